The second-order valence-electron chi connectivity index (χ2n) is 6.72. The van der Waals surface area contributed by atoms with Crippen LogP contribution < -0.4 is 0 Å². The van der Waals surface area contributed by atoms with Crippen LogP contribution in [-0.2, 0) is 0 Å². The lowest BCUT2D eigenvalue weighted by molar-refractivity contribution is 0.303. The van der Waals surface area contributed by atoms with E-state index in [1.807, 2.05) is 30.3 Å². The van der Waals surface area contributed by atoms with E-state index >= 15 is 0 Å². The Labute approximate surface area is 142 Å². The van der Waals surface area contributed by atoms with Crippen LogP contribution in [-0.4, -0.2) is 5.71 Å². The maximum Gasteiger partial charge on any atom is 0.189 e. The minimum atomic E-state index is -1.58. The third-order valence-electron chi connectivity index (χ3n) is 5.39. The average molecular weight is 314 g/mol. The van der Waals surface area contributed by atoms with Crippen molar-refractivity contribution in [3.63, 3.8) is 0 Å². The number of hydrogen-bond acceptors (Lipinski definition) is 4. The predicted octanol–water partition coefficient (Wildman–Crippen LogP) is 3.95. The summed E-state index contributed by atoms with van der Waals surface area (Å²) in [6.45, 7) is 2.11. The predicted molar refractivity (Wildman–Crippen MR) is 89.6 cm³/mol. The molecule has 3 rings (SSSR count). The Morgan fingerprint density at radius 2 is 1.75 bits per heavy atom. The lowest BCUT2D eigenvalue weighted by Gasteiger charge is -2.46. The molecule has 0 radical (unpaired) electrons. The van der Waals surface area contributed by atoms with Gasteiger partial charge >= 0.3 is 0 Å². The number of nitrogens with zero attached hydrogens (tertiary/aromatic N) is 3. The third kappa shape index (κ3) is 2.14. The highest BCUT2D eigenvalue weighted by Gasteiger charge is 2.57. The first kappa shape index (κ1) is 16.0. The highest BCUT2D eigenvalue weighted by molar-refractivity contribution is 6.00. The van der Waals surface area contributed by atoms with E-state index < -0.39 is 17.3 Å². The van der Waals surface area contributed by atoms with Gasteiger partial charge in [0, 0.05) is 5.92 Å². The van der Waals surface area contributed by atoms with Gasteiger partial charge in [-0.1, -0.05) is 43.3 Å². The van der Waals surface area contributed by atoms with E-state index in [9.17, 15) is 15.8 Å². The summed E-state index contributed by atoms with van der Waals surface area (Å²) in [5, 5.41) is 37.8. The second-order valence-corrected chi connectivity index (χ2v) is 6.72. The van der Waals surface area contributed by atoms with E-state index in [0.717, 1.165) is 24.0 Å². The second kappa shape index (κ2) is 5.95. The van der Waals surface area contributed by atoms with Crippen molar-refractivity contribution < 1.29 is 0 Å². The fourth-order valence-electron chi connectivity index (χ4n) is 4.24. The largest absolute Gasteiger partial charge is 0.305 e. The number of hydrogen-bond donors (Lipinski definition) is 1. The molecule has 2 aliphatic carbocycles. The molecular formula is C20H18N4. The first-order chi connectivity index (χ1) is 11.6. The van der Waals surface area contributed by atoms with Crippen molar-refractivity contribution in [1.29, 1.82) is 21.2 Å². The van der Waals surface area contributed by atoms with E-state index in [0.29, 0.717) is 5.92 Å². The first-order valence-corrected chi connectivity index (χ1v) is 8.16. The van der Waals surface area contributed by atoms with Crippen molar-refractivity contribution >= 4 is 5.71 Å². The standard InChI is InChI=1S/C20H18N4/c1-13-7-8-15-16(9-13)17(10-21)19(24)20(11-22,12-23)18(15)14-5-3-2-4-6-14/h2-6,9,13,15,17-18,24H,7-8H2,1H3/t13-,15-,17?,18+/m1/s1. The summed E-state index contributed by atoms with van der Waals surface area (Å²) in [5.74, 6) is -0.851. The normalized spacial score (nSPS) is 30.9. The fourth-order valence-corrected chi connectivity index (χ4v) is 4.24. The van der Waals surface area contributed by atoms with E-state index in [4.69, 9.17) is 5.41 Å². The molecule has 0 aromatic heterocycles. The van der Waals surface area contributed by atoms with Gasteiger partial charge in [0.05, 0.1) is 23.9 Å². The van der Waals surface area contributed by atoms with E-state index in [1.54, 1.807) is 0 Å². The van der Waals surface area contributed by atoms with Crippen LogP contribution in [0.2, 0.25) is 0 Å². The van der Waals surface area contributed by atoms with Crippen molar-refractivity contribution in [3.8, 4) is 18.2 Å². The molecule has 0 saturated heterocycles. The minimum absolute atomic E-state index is 0.0401. The summed E-state index contributed by atoms with van der Waals surface area (Å²) in [5.41, 5.74) is 0.175. The molecule has 4 nitrogen and oxygen atoms in total. The number of nitriles is 3. The maximum atomic E-state index is 9.86. The topological polar surface area (TPSA) is 95.2 Å². The SMILES string of the molecule is C[C@H]1C=C2C(C#N)C(=N)C(C#N)(C#N)[C@@H](c3ccccc3)[C@@H]2CC1. The summed E-state index contributed by atoms with van der Waals surface area (Å²) < 4.78 is 0. The van der Waals surface area contributed by atoms with Gasteiger partial charge in [0.1, 0.15) is 5.92 Å². The Kier molecular flexibility index (Phi) is 3.96. The molecule has 0 aliphatic heterocycles. The van der Waals surface area contributed by atoms with Gasteiger partial charge in [-0.25, -0.2) is 0 Å². The third-order valence-corrected chi connectivity index (χ3v) is 5.39. The van der Waals surface area contributed by atoms with Crippen LogP contribution in [0.5, 0.6) is 0 Å². The summed E-state index contributed by atoms with van der Waals surface area (Å²) in [6.07, 6.45) is 3.89. The zero-order valence-electron chi connectivity index (χ0n) is 13.5. The molecule has 118 valence electrons. The summed E-state index contributed by atoms with van der Waals surface area (Å²) in [7, 11) is 0. The number of nitrogens with one attached hydrogen (secondary N) is 1. The Morgan fingerprint density at radius 3 is 2.33 bits per heavy atom. The molecular weight excluding hydrogens is 296 g/mol. The van der Waals surface area contributed by atoms with E-state index in [-0.39, 0.29) is 11.6 Å². The highest BCUT2D eigenvalue weighted by Crippen LogP contribution is 2.55. The number of allylic oxidation sites excluding steroid dienone is 2. The van der Waals surface area contributed by atoms with Gasteiger partial charge in [-0.05, 0) is 35.8 Å². The van der Waals surface area contributed by atoms with Crippen molar-refractivity contribution in [2.24, 2.45) is 23.2 Å². The molecule has 1 fully saturated rings. The molecule has 0 bridgehead atoms. The zero-order valence-corrected chi connectivity index (χ0v) is 13.5. The van der Waals surface area contributed by atoms with Crippen molar-refractivity contribution in [2.45, 2.75) is 25.7 Å². The molecule has 0 heterocycles. The van der Waals surface area contributed by atoms with Gasteiger partial charge in [0.15, 0.2) is 5.41 Å². The Balaban J connectivity index is 2.26. The minimum Gasteiger partial charge on any atom is -0.305 e. The Hall–Kier alpha value is -2.90. The lowest BCUT2D eigenvalue weighted by atomic mass is 9.52. The van der Waals surface area contributed by atoms with Gasteiger partial charge < -0.3 is 5.41 Å². The molecule has 24 heavy (non-hydrogen) atoms. The lowest BCUT2D eigenvalue weighted by Crippen LogP contribution is -2.49. The first-order valence-electron chi connectivity index (χ1n) is 8.16. The number of fused-ring (bicyclic) bond motifs is 1. The van der Waals surface area contributed by atoms with Crippen LogP contribution in [0.4, 0.5) is 0 Å². The highest BCUT2D eigenvalue weighted by atomic mass is 14.6. The molecule has 4 atom stereocenters. The van der Waals surface area contributed by atoms with Gasteiger partial charge in [-0.3, -0.25) is 0 Å². The van der Waals surface area contributed by atoms with Crippen LogP contribution in [0.3, 0.4) is 0 Å². The van der Waals surface area contributed by atoms with Gasteiger partial charge in [0.2, 0.25) is 0 Å². The van der Waals surface area contributed by atoms with Gasteiger partial charge in [0.25, 0.3) is 0 Å². The Morgan fingerprint density at radius 1 is 1.08 bits per heavy atom. The number of rotatable bonds is 1. The molecule has 1 aromatic rings. The molecule has 1 unspecified atom stereocenters. The van der Waals surface area contributed by atoms with Crippen LogP contribution in [0.25, 0.3) is 0 Å². The quantitative estimate of drug-likeness (QED) is 0.795. The van der Waals surface area contributed by atoms with Crippen molar-refractivity contribution in [1.82, 2.24) is 0 Å². The van der Waals surface area contributed by atoms with Crippen molar-refractivity contribution in [3.05, 3.63) is 47.5 Å². The molecule has 1 N–H and O–H groups in total. The van der Waals surface area contributed by atoms with E-state index in [2.05, 4.69) is 31.2 Å². The molecule has 1 saturated carbocycles. The molecule has 0 spiro atoms. The summed E-state index contributed by atoms with van der Waals surface area (Å²) in [6, 6.07) is 15.9. The molecule has 2 aliphatic rings. The zero-order chi connectivity index (χ0) is 17.3. The molecule has 0 amide bonds. The smallest absolute Gasteiger partial charge is 0.189 e. The van der Waals surface area contributed by atoms with Crippen LogP contribution in [0, 0.1) is 62.6 Å². The van der Waals surface area contributed by atoms with Crippen LogP contribution in [0.1, 0.15) is 31.2 Å². The van der Waals surface area contributed by atoms with Crippen LogP contribution in [0.15, 0.2) is 42.0 Å². The van der Waals surface area contributed by atoms with Gasteiger partial charge in [-0.15, -0.1) is 0 Å². The maximum absolute atomic E-state index is 9.86. The van der Waals surface area contributed by atoms with Crippen molar-refractivity contribution in [2.75, 3.05) is 0 Å². The van der Waals surface area contributed by atoms with Crippen LogP contribution >= 0.6 is 0 Å². The monoisotopic (exact) mass is 314 g/mol. The Bertz CT molecular complexity index is 802. The molecule has 4 heteroatoms. The van der Waals surface area contributed by atoms with E-state index in [1.165, 1.54) is 0 Å². The summed E-state index contributed by atoms with van der Waals surface area (Å²) >= 11 is 0. The molecule has 1 aromatic carbocycles. The summed E-state index contributed by atoms with van der Waals surface area (Å²) in [4.78, 5) is 0. The fraction of sp³-hybridized carbons (Fsp3) is 0.400. The number of benzene rings is 1. The average Bonchev–Trinajstić information content (AvgIpc) is 2.62. The van der Waals surface area contributed by atoms with Gasteiger partial charge in [-0.2, -0.15) is 15.8 Å².